The Morgan fingerprint density at radius 1 is 1.03 bits per heavy atom. The largest absolute Gasteiger partial charge is 0.493 e. The first-order chi connectivity index (χ1) is 18.3. The average molecular weight is 571 g/mol. The van der Waals surface area contributed by atoms with E-state index in [1.807, 2.05) is 19.1 Å². The second kappa shape index (κ2) is 12.4. The first-order valence-corrected chi connectivity index (χ1v) is 13.2. The number of hydrogen-bond donors (Lipinski definition) is 1. The molecule has 0 radical (unpaired) electrons. The van der Waals surface area contributed by atoms with E-state index in [1.54, 1.807) is 54.6 Å². The first kappa shape index (κ1) is 27.6. The molecule has 0 bridgehead atoms. The molecule has 1 fully saturated rings. The number of carbonyl (C=O) groups excluding carboxylic acids is 3. The lowest BCUT2D eigenvalue weighted by molar-refractivity contribution is -0.127. The molecule has 196 valence electrons. The van der Waals surface area contributed by atoms with Gasteiger partial charge in [0.05, 0.1) is 12.0 Å². The van der Waals surface area contributed by atoms with Crippen molar-refractivity contribution in [3.05, 3.63) is 92.3 Å². The third-order valence-electron chi connectivity index (χ3n) is 5.70. The highest BCUT2D eigenvalue weighted by atomic mass is 35.5. The van der Waals surface area contributed by atoms with Crippen LogP contribution in [0.3, 0.4) is 0 Å². The van der Waals surface area contributed by atoms with E-state index < -0.39 is 17.1 Å². The Kier molecular flexibility index (Phi) is 8.99. The third-order valence-corrected chi connectivity index (χ3v) is 7.20. The Bertz CT molecular complexity index is 1410. The van der Waals surface area contributed by atoms with Gasteiger partial charge in [0.1, 0.15) is 13.2 Å². The molecule has 1 saturated heterocycles. The number of aryl methyl sites for hydroxylation is 1. The molecule has 0 spiro atoms. The van der Waals surface area contributed by atoms with E-state index in [1.165, 1.54) is 7.11 Å². The Morgan fingerprint density at radius 2 is 1.79 bits per heavy atom. The van der Waals surface area contributed by atoms with Gasteiger partial charge in [-0.15, -0.1) is 0 Å². The fourth-order valence-electron chi connectivity index (χ4n) is 3.64. The SMILES string of the molecule is CCc1ccc(NC(=O)CN2C(=O)S/C(=C/c3ccc(OCc4ccc(Cl)cc4Cl)c(OC)c3)C2=O)cc1. The summed E-state index contributed by atoms with van der Waals surface area (Å²) in [5, 5.41) is 3.24. The fourth-order valence-corrected chi connectivity index (χ4v) is 4.94. The molecule has 0 aromatic heterocycles. The van der Waals surface area contributed by atoms with Gasteiger partial charge in [-0.2, -0.15) is 0 Å². The van der Waals surface area contributed by atoms with Gasteiger partial charge < -0.3 is 14.8 Å². The van der Waals surface area contributed by atoms with Crippen molar-refractivity contribution in [1.29, 1.82) is 0 Å². The number of nitrogens with one attached hydrogen (secondary N) is 1. The molecule has 1 aliphatic heterocycles. The second-order valence-electron chi connectivity index (χ2n) is 8.30. The van der Waals surface area contributed by atoms with Gasteiger partial charge in [-0.1, -0.05) is 54.4 Å². The van der Waals surface area contributed by atoms with E-state index in [0.717, 1.165) is 34.2 Å². The van der Waals surface area contributed by atoms with Crippen molar-refractivity contribution in [2.45, 2.75) is 20.0 Å². The van der Waals surface area contributed by atoms with Crippen LogP contribution in [-0.4, -0.2) is 35.6 Å². The highest BCUT2D eigenvalue weighted by Gasteiger charge is 2.36. The highest BCUT2D eigenvalue weighted by Crippen LogP contribution is 2.35. The minimum atomic E-state index is -0.534. The summed E-state index contributed by atoms with van der Waals surface area (Å²) in [4.78, 5) is 39.0. The number of amides is 3. The number of carbonyl (C=O) groups is 3. The lowest BCUT2D eigenvalue weighted by atomic mass is 10.1. The minimum Gasteiger partial charge on any atom is -0.493 e. The summed E-state index contributed by atoms with van der Waals surface area (Å²) in [5.74, 6) is -0.0705. The van der Waals surface area contributed by atoms with E-state index in [4.69, 9.17) is 32.7 Å². The van der Waals surface area contributed by atoms with E-state index in [-0.39, 0.29) is 18.1 Å². The maximum absolute atomic E-state index is 12.9. The van der Waals surface area contributed by atoms with Crippen molar-refractivity contribution in [3.63, 3.8) is 0 Å². The number of imide groups is 1. The smallest absolute Gasteiger partial charge is 0.294 e. The zero-order valence-corrected chi connectivity index (χ0v) is 23.0. The van der Waals surface area contributed by atoms with Gasteiger partial charge in [-0.3, -0.25) is 19.3 Å². The molecule has 3 aromatic carbocycles. The van der Waals surface area contributed by atoms with Gasteiger partial charge in [0.15, 0.2) is 11.5 Å². The molecular weight excluding hydrogens is 547 g/mol. The number of ether oxygens (including phenoxy) is 2. The van der Waals surface area contributed by atoms with Crippen LogP contribution in [0, 0.1) is 0 Å². The number of nitrogens with zero attached hydrogens (tertiary/aromatic N) is 1. The van der Waals surface area contributed by atoms with E-state index >= 15 is 0 Å². The summed E-state index contributed by atoms with van der Waals surface area (Å²) >= 11 is 12.9. The van der Waals surface area contributed by atoms with Crippen LogP contribution in [0.25, 0.3) is 6.08 Å². The summed E-state index contributed by atoms with van der Waals surface area (Å²) in [5.41, 5.74) is 3.13. The van der Waals surface area contributed by atoms with Crippen LogP contribution in [0.4, 0.5) is 10.5 Å². The quantitative estimate of drug-likeness (QED) is 0.284. The van der Waals surface area contributed by atoms with Crippen LogP contribution in [-0.2, 0) is 22.6 Å². The molecule has 1 heterocycles. The molecular formula is C28H24Cl2N2O5S. The standard InChI is InChI=1S/C28H24Cl2N2O5S/c1-3-17-4-9-21(10-5-17)31-26(33)15-32-27(34)25(38-28(32)35)13-18-6-11-23(24(12-18)36-2)37-16-19-7-8-20(29)14-22(19)30/h4-14H,3,15-16H2,1-2H3,(H,31,33)/b25-13+. The number of methoxy groups -OCH3 is 1. The number of thioether (sulfide) groups is 1. The van der Waals surface area contributed by atoms with Crippen LogP contribution in [0.5, 0.6) is 11.5 Å². The maximum atomic E-state index is 12.9. The lowest BCUT2D eigenvalue weighted by Gasteiger charge is -2.13. The summed E-state index contributed by atoms with van der Waals surface area (Å²) < 4.78 is 11.3. The molecule has 7 nitrogen and oxygen atoms in total. The van der Waals surface area contributed by atoms with Crippen molar-refractivity contribution >= 4 is 63.8 Å². The monoisotopic (exact) mass is 570 g/mol. The predicted molar refractivity (Wildman–Crippen MR) is 151 cm³/mol. The highest BCUT2D eigenvalue weighted by molar-refractivity contribution is 8.18. The molecule has 3 aromatic rings. The minimum absolute atomic E-state index is 0.204. The summed E-state index contributed by atoms with van der Waals surface area (Å²) in [7, 11) is 1.50. The van der Waals surface area contributed by atoms with Crippen LogP contribution < -0.4 is 14.8 Å². The molecule has 0 atom stereocenters. The molecule has 1 aliphatic rings. The Morgan fingerprint density at radius 3 is 2.47 bits per heavy atom. The zero-order chi connectivity index (χ0) is 27.2. The van der Waals surface area contributed by atoms with Crippen molar-refractivity contribution < 1.29 is 23.9 Å². The predicted octanol–water partition coefficient (Wildman–Crippen LogP) is 6.82. The zero-order valence-electron chi connectivity index (χ0n) is 20.6. The molecule has 0 aliphatic carbocycles. The number of halogens is 2. The number of hydrogen-bond acceptors (Lipinski definition) is 6. The maximum Gasteiger partial charge on any atom is 0.294 e. The molecule has 10 heteroatoms. The Labute approximate surface area is 234 Å². The van der Waals surface area contributed by atoms with E-state index in [0.29, 0.717) is 32.8 Å². The van der Waals surface area contributed by atoms with Gasteiger partial charge in [-0.25, -0.2) is 0 Å². The average Bonchev–Trinajstić information content (AvgIpc) is 3.16. The number of anilines is 1. The van der Waals surface area contributed by atoms with Crippen molar-refractivity contribution in [1.82, 2.24) is 4.90 Å². The normalized spacial score (nSPS) is 14.2. The van der Waals surface area contributed by atoms with Crippen molar-refractivity contribution in [3.8, 4) is 11.5 Å². The van der Waals surface area contributed by atoms with Crippen LogP contribution in [0.2, 0.25) is 10.0 Å². The van der Waals surface area contributed by atoms with Gasteiger partial charge in [0, 0.05) is 21.3 Å². The van der Waals surface area contributed by atoms with Crippen molar-refractivity contribution in [2.24, 2.45) is 0 Å². The second-order valence-corrected chi connectivity index (χ2v) is 10.1. The van der Waals surface area contributed by atoms with Gasteiger partial charge in [0.25, 0.3) is 11.1 Å². The lowest BCUT2D eigenvalue weighted by Crippen LogP contribution is -2.36. The summed E-state index contributed by atoms with van der Waals surface area (Å²) in [6.07, 6.45) is 2.46. The molecule has 4 rings (SSSR count). The van der Waals surface area contributed by atoms with Gasteiger partial charge in [-0.05, 0) is 71.8 Å². The summed E-state index contributed by atoms with van der Waals surface area (Å²) in [6, 6.07) is 17.7. The molecule has 0 unspecified atom stereocenters. The molecule has 0 saturated carbocycles. The summed E-state index contributed by atoms with van der Waals surface area (Å²) in [6.45, 7) is 1.87. The first-order valence-electron chi connectivity index (χ1n) is 11.7. The van der Waals surface area contributed by atoms with Gasteiger partial charge >= 0.3 is 0 Å². The van der Waals surface area contributed by atoms with Crippen molar-refractivity contribution in [2.75, 3.05) is 19.0 Å². The molecule has 1 N–H and O–H groups in total. The van der Waals surface area contributed by atoms with Crippen LogP contribution in [0.1, 0.15) is 23.6 Å². The Balaban J connectivity index is 1.41. The van der Waals surface area contributed by atoms with Crippen LogP contribution >= 0.6 is 35.0 Å². The molecule has 38 heavy (non-hydrogen) atoms. The number of rotatable bonds is 9. The van der Waals surface area contributed by atoms with E-state index in [9.17, 15) is 14.4 Å². The van der Waals surface area contributed by atoms with Gasteiger partial charge in [0.2, 0.25) is 5.91 Å². The topological polar surface area (TPSA) is 84.9 Å². The Hall–Kier alpha value is -3.46. The fraction of sp³-hybridized carbons (Fsp3) is 0.179. The van der Waals surface area contributed by atoms with E-state index in [2.05, 4.69) is 5.32 Å². The number of benzene rings is 3. The van der Waals surface area contributed by atoms with Crippen LogP contribution in [0.15, 0.2) is 65.6 Å². The molecule has 3 amide bonds. The third kappa shape index (κ3) is 6.69.